The van der Waals surface area contributed by atoms with Gasteiger partial charge in [-0.25, -0.2) is 4.79 Å². The molecule has 0 saturated heterocycles. The van der Waals surface area contributed by atoms with Gasteiger partial charge in [0.1, 0.15) is 5.75 Å². The SMILES string of the molecule is COC(=O)c1cccc(Oc2ccccc2Cl)c1N. The van der Waals surface area contributed by atoms with Crippen LogP contribution in [0.3, 0.4) is 0 Å². The maximum absolute atomic E-state index is 11.5. The summed E-state index contributed by atoms with van der Waals surface area (Å²) in [7, 11) is 1.30. The molecule has 0 unspecified atom stereocenters. The van der Waals surface area contributed by atoms with Crippen LogP contribution in [0.4, 0.5) is 5.69 Å². The summed E-state index contributed by atoms with van der Waals surface area (Å²) >= 11 is 6.00. The standard InChI is InChI=1S/C14H12ClNO3/c1-18-14(17)9-5-4-8-12(13(9)16)19-11-7-3-2-6-10(11)15/h2-8H,16H2,1H3. The van der Waals surface area contributed by atoms with Gasteiger partial charge in [0.15, 0.2) is 5.75 Å². The maximum Gasteiger partial charge on any atom is 0.340 e. The van der Waals surface area contributed by atoms with E-state index in [2.05, 4.69) is 4.74 Å². The number of carbonyl (C=O) groups is 1. The van der Waals surface area contributed by atoms with Crippen molar-refractivity contribution in [3.05, 3.63) is 53.1 Å². The molecular weight excluding hydrogens is 266 g/mol. The van der Waals surface area contributed by atoms with Crippen LogP contribution in [0.25, 0.3) is 0 Å². The van der Waals surface area contributed by atoms with Crippen molar-refractivity contribution in [1.82, 2.24) is 0 Å². The maximum atomic E-state index is 11.5. The highest BCUT2D eigenvalue weighted by Gasteiger charge is 2.14. The molecule has 19 heavy (non-hydrogen) atoms. The molecule has 2 aromatic carbocycles. The number of nitrogens with two attached hydrogens (primary N) is 1. The Bertz CT molecular complexity index is 613. The van der Waals surface area contributed by atoms with Crippen molar-refractivity contribution in [3.63, 3.8) is 0 Å². The number of halogens is 1. The van der Waals surface area contributed by atoms with Gasteiger partial charge in [0.05, 0.1) is 23.4 Å². The molecule has 0 spiro atoms. The molecule has 0 aliphatic heterocycles. The summed E-state index contributed by atoms with van der Waals surface area (Å²) in [5, 5.41) is 0.463. The van der Waals surface area contributed by atoms with Gasteiger partial charge in [0.25, 0.3) is 0 Å². The number of para-hydroxylation sites is 2. The predicted molar refractivity (Wildman–Crippen MR) is 73.7 cm³/mol. The van der Waals surface area contributed by atoms with Crippen LogP contribution in [-0.4, -0.2) is 13.1 Å². The largest absolute Gasteiger partial charge is 0.465 e. The Kier molecular flexibility index (Phi) is 3.92. The number of hydrogen-bond donors (Lipinski definition) is 1. The molecule has 0 bridgehead atoms. The Morgan fingerprint density at radius 3 is 2.47 bits per heavy atom. The number of ether oxygens (including phenoxy) is 2. The second-order valence-electron chi connectivity index (χ2n) is 3.74. The lowest BCUT2D eigenvalue weighted by molar-refractivity contribution is 0.0601. The smallest absolute Gasteiger partial charge is 0.340 e. The fourth-order valence-corrected chi connectivity index (χ4v) is 1.74. The molecule has 0 radical (unpaired) electrons. The van der Waals surface area contributed by atoms with Gasteiger partial charge < -0.3 is 15.2 Å². The van der Waals surface area contributed by atoms with E-state index in [0.29, 0.717) is 16.5 Å². The van der Waals surface area contributed by atoms with Crippen molar-refractivity contribution in [2.24, 2.45) is 0 Å². The van der Waals surface area contributed by atoms with Gasteiger partial charge in [-0.3, -0.25) is 0 Å². The number of benzene rings is 2. The highest BCUT2D eigenvalue weighted by atomic mass is 35.5. The van der Waals surface area contributed by atoms with Gasteiger partial charge in [-0.15, -0.1) is 0 Å². The van der Waals surface area contributed by atoms with Crippen LogP contribution in [0.2, 0.25) is 5.02 Å². The van der Waals surface area contributed by atoms with Crippen molar-refractivity contribution in [2.45, 2.75) is 0 Å². The van der Waals surface area contributed by atoms with Gasteiger partial charge >= 0.3 is 5.97 Å². The zero-order valence-corrected chi connectivity index (χ0v) is 11.0. The van der Waals surface area contributed by atoms with Crippen LogP contribution >= 0.6 is 11.6 Å². The fourth-order valence-electron chi connectivity index (χ4n) is 1.57. The number of esters is 1. The zero-order chi connectivity index (χ0) is 13.8. The second kappa shape index (κ2) is 5.63. The van der Waals surface area contributed by atoms with Crippen LogP contribution in [0, 0.1) is 0 Å². The molecule has 0 heterocycles. The Balaban J connectivity index is 2.37. The fraction of sp³-hybridized carbons (Fsp3) is 0.0714. The molecule has 0 aliphatic carbocycles. The van der Waals surface area contributed by atoms with Crippen molar-refractivity contribution in [3.8, 4) is 11.5 Å². The summed E-state index contributed by atoms with van der Waals surface area (Å²) in [6, 6.07) is 11.9. The van der Waals surface area contributed by atoms with Crippen LogP contribution < -0.4 is 10.5 Å². The van der Waals surface area contributed by atoms with E-state index in [-0.39, 0.29) is 11.3 Å². The summed E-state index contributed by atoms with van der Waals surface area (Å²) in [6.07, 6.45) is 0. The van der Waals surface area contributed by atoms with Crippen molar-refractivity contribution >= 4 is 23.3 Å². The minimum atomic E-state index is -0.512. The van der Waals surface area contributed by atoms with Crippen LogP contribution in [0.15, 0.2) is 42.5 Å². The second-order valence-corrected chi connectivity index (χ2v) is 4.15. The molecule has 98 valence electrons. The molecule has 0 amide bonds. The third-order valence-electron chi connectivity index (χ3n) is 2.53. The number of rotatable bonds is 3. The molecule has 0 aromatic heterocycles. The number of nitrogen functional groups attached to an aromatic ring is 1. The lowest BCUT2D eigenvalue weighted by Crippen LogP contribution is -2.06. The number of hydrogen-bond acceptors (Lipinski definition) is 4. The van der Waals surface area contributed by atoms with Gasteiger partial charge in [0.2, 0.25) is 0 Å². The van der Waals surface area contributed by atoms with Gasteiger partial charge in [-0.05, 0) is 24.3 Å². The summed E-state index contributed by atoms with van der Waals surface area (Å²) in [5.74, 6) is 0.316. The topological polar surface area (TPSA) is 61.5 Å². The van der Waals surface area contributed by atoms with Crippen LogP contribution in [-0.2, 0) is 4.74 Å². The van der Waals surface area contributed by atoms with Gasteiger partial charge in [0, 0.05) is 0 Å². The summed E-state index contributed by atoms with van der Waals surface area (Å²) in [4.78, 5) is 11.5. The molecular formula is C14H12ClNO3. The highest BCUT2D eigenvalue weighted by Crippen LogP contribution is 2.33. The quantitative estimate of drug-likeness (QED) is 0.689. The first-order valence-electron chi connectivity index (χ1n) is 5.52. The molecule has 0 fully saturated rings. The van der Waals surface area contributed by atoms with E-state index in [1.165, 1.54) is 7.11 Å². The van der Waals surface area contributed by atoms with Crippen molar-refractivity contribution < 1.29 is 14.3 Å². The molecule has 2 rings (SSSR count). The Labute approximate surface area is 115 Å². The third kappa shape index (κ3) is 2.80. The number of carbonyl (C=O) groups excluding carboxylic acids is 1. The molecule has 4 nitrogen and oxygen atoms in total. The number of anilines is 1. The first kappa shape index (κ1) is 13.2. The van der Waals surface area contributed by atoms with Crippen LogP contribution in [0.1, 0.15) is 10.4 Å². The number of methoxy groups -OCH3 is 1. The van der Waals surface area contributed by atoms with E-state index < -0.39 is 5.97 Å². The van der Waals surface area contributed by atoms with Crippen molar-refractivity contribution in [1.29, 1.82) is 0 Å². The molecule has 2 aromatic rings. The molecule has 5 heteroatoms. The highest BCUT2D eigenvalue weighted by molar-refractivity contribution is 6.32. The summed E-state index contributed by atoms with van der Waals surface area (Å²) < 4.78 is 10.3. The van der Waals surface area contributed by atoms with Gasteiger partial charge in [-0.2, -0.15) is 0 Å². The van der Waals surface area contributed by atoms with E-state index in [1.807, 2.05) is 0 Å². The summed E-state index contributed by atoms with van der Waals surface area (Å²) in [5.41, 5.74) is 6.36. The van der Waals surface area contributed by atoms with E-state index in [1.54, 1.807) is 42.5 Å². The normalized spacial score (nSPS) is 10.0. The molecule has 0 saturated carbocycles. The predicted octanol–water partition coefficient (Wildman–Crippen LogP) is 3.50. The Hall–Kier alpha value is -2.20. The Morgan fingerprint density at radius 2 is 1.79 bits per heavy atom. The van der Waals surface area contributed by atoms with Crippen LogP contribution in [0.5, 0.6) is 11.5 Å². The van der Waals surface area contributed by atoms with E-state index in [0.717, 1.165) is 0 Å². The lowest BCUT2D eigenvalue weighted by atomic mass is 10.1. The minimum absolute atomic E-state index is 0.217. The molecule has 0 aliphatic rings. The van der Waals surface area contributed by atoms with E-state index in [9.17, 15) is 4.79 Å². The van der Waals surface area contributed by atoms with E-state index in [4.69, 9.17) is 22.1 Å². The van der Waals surface area contributed by atoms with Crippen molar-refractivity contribution in [2.75, 3.05) is 12.8 Å². The molecule has 0 atom stereocenters. The summed E-state index contributed by atoms with van der Waals surface area (Å²) in [6.45, 7) is 0. The minimum Gasteiger partial charge on any atom is -0.465 e. The van der Waals surface area contributed by atoms with E-state index >= 15 is 0 Å². The average molecular weight is 278 g/mol. The zero-order valence-electron chi connectivity index (χ0n) is 10.2. The third-order valence-corrected chi connectivity index (χ3v) is 2.84. The first-order valence-corrected chi connectivity index (χ1v) is 5.90. The average Bonchev–Trinajstić information content (AvgIpc) is 2.42. The first-order chi connectivity index (χ1) is 9.13. The monoisotopic (exact) mass is 277 g/mol. The Morgan fingerprint density at radius 1 is 1.11 bits per heavy atom. The lowest BCUT2D eigenvalue weighted by Gasteiger charge is -2.11. The van der Waals surface area contributed by atoms with Gasteiger partial charge in [-0.1, -0.05) is 29.8 Å². The molecule has 2 N–H and O–H groups in total.